The second-order valence-corrected chi connectivity index (χ2v) is 5.19. The van der Waals surface area contributed by atoms with Gasteiger partial charge in [0.15, 0.2) is 0 Å². The SMILES string of the molecule is COc1ccc(CC[C@H](N=[N+]=[N-])C(=O)O)c2c1CCCC2. The quantitative estimate of drug-likeness (QED) is 0.494. The smallest absolute Gasteiger partial charge is 0.312 e. The summed E-state index contributed by atoms with van der Waals surface area (Å²) in [6.45, 7) is 0. The number of carboxylic acid groups (broad SMARTS) is 1. The zero-order valence-electron chi connectivity index (χ0n) is 12.1. The van der Waals surface area contributed by atoms with Gasteiger partial charge in [-0.3, -0.25) is 4.79 Å². The van der Waals surface area contributed by atoms with Crippen LogP contribution in [0.1, 0.15) is 36.0 Å². The minimum atomic E-state index is -1.07. The molecule has 0 unspecified atom stereocenters. The van der Waals surface area contributed by atoms with Crippen molar-refractivity contribution in [3.8, 4) is 5.75 Å². The number of hydrogen-bond donors (Lipinski definition) is 1. The van der Waals surface area contributed by atoms with Gasteiger partial charge in [-0.1, -0.05) is 11.2 Å². The molecule has 0 fully saturated rings. The molecule has 0 saturated heterocycles. The molecule has 1 N–H and O–H groups in total. The number of carboxylic acids is 1. The van der Waals surface area contributed by atoms with Gasteiger partial charge < -0.3 is 9.84 Å². The number of nitrogens with zero attached hydrogens (tertiary/aromatic N) is 3. The van der Waals surface area contributed by atoms with E-state index in [1.165, 1.54) is 11.1 Å². The molecule has 0 aromatic heterocycles. The van der Waals surface area contributed by atoms with Crippen molar-refractivity contribution in [1.82, 2.24) is 0 Å². The molecule has 6 nitrogen and oxygen atoms in total. The topological polar surface area (TPSA) is 95.3 Å². The molecule has 1 aromatic rings. The van der Waals surface area contributed by atoms with Gasteiger partial charge in [-0.05, 0) is 66.8 Å². The first kappa shape index (κ1) is 15.2. The summed E-state index contributed by atoms with van der Waals surface area (Å²) in [6.07, 6.45) is 5.22. The molecule has 0 heterocycles. The molecule has 21 heavy (non-hydrogen) atoms. The molecule has 0 radical (unpaired) electrons. The molecule has 112 valence electrons. The third kappa shape index (κ3) is 3.47. The summed E-state index contributed by atoms with van der Waals surface area (Å²) in [6, 6.07) is 2.94. The maximum Gasteiger partial charge on any atom is 0.312 e. The van der Waals surface area contributed by atoms with Gasteiger partial charge >= 0.3 is 5.97 Å². The highest BCUT2D eigenvalue weighted by atomic mass is 16.5. The average Bonchev–Trinajstić information content (AvgIpc) is 2.50. The van der Waals surface area contributed by atoms with Crippen molar-refractivity contribution in [2.45, 2.75) is 44.6 Å². The molecule has 0 bridgehead atoms. The highest BCUT2D eigenvalue weighted by Crippen LogP contribution is 2.32. The summed E-state index contributed by atoms with van der Waals surface area (Å²) in [4.78, 5) is 13.6. The fourth-order valence-electron chi connectivity index (χ4n) is 2.92. The van der Waals surface area contributed by atoms with Gasteiger partial charge in [-0.15, -0.1) is 0 Å². The van der Waals surface area contributed by atoms with Crippen molar-refractivity contribution in [2.75, 3.05) is 7.11 Å². The van der Waals surface area contributed by atoms with E-state index in [-0.39, 0.29) is 0 Å². The molecule has 2 rings (SSSR count). The van der Waals surface area contributed by atoms with Crippen LogP contribution in [0.15, 0.2) is 17.2 Å². The molecule has 1 aliphatic rings. The Morgan fingerprint density at radius 2 is 2.14 bits per heavy atom. The van der Waals surface area contributed by atoms with E-state index in [4.69, 9.17) is 15.4 Å². The number of rotatable bonds is 6. The zero-order chi connectivity index (χ0) is 15.2. The number of carbonyl (C=O) groups is 1. The van der Waals surface area contributed by atoms with Gasteiger partial charge in [0.25, 0.3) is 0 Å². The molecule has 1 aromatic carbocycles. The van der Waals surface area contributed by atoms with Crippen LogP contribution in [0.5, 0.6) is 5.75 Å². The van der Waals surface area contributed by atoms with E-state index >= 15 is 0 Å². The fraction of sp³-hybridized carbons (Fsp3) is 0.533. The predicted molar refractivity (Wildman–Crippen MR) is 78.5 cm³/mol. The van der Waals surface area contributed by atoms with Gasteiger partial charge in [0, 0.05) is 4.91 Å². The van der Waals surface area contributed by atoms with E-state index in [1.807, 2.05) is 12.1 Å². The molecule has 0 aliphatic heterocycles. The minimum absolute atomic E-state index is 0.318. The van der Waals surface area contributed by atoms with Crippen molar-refractivity contribution in [1.29, 1.82) is 0 Å². The summed E-state index contributed by atoms with van der Waals surface area (Å²) in [7, 11) is 1.67. The van der Waals surface area contributed by atoms with Crippen LogP contribution in [-0.4, -0.2) is 24.2 Å². The summed E-state index contributed by atoms with van der Waals surface area (Å²) in [5, 5.41) is 12.4. The second-order valence-electron chi connectivity index (χ2n) is 5.19. The number of aryl methyl sites for hydroxylation is 1. The number of benzene rings is 1. The average molecular weight is 289 g/mol. The Balaban J connectivity index is 2.20. The van der Waals surface area contributed by atoms with Crippen molar-refractivity contribution in [3.05, 3.63) is 39.3 Å². The van der Waals surface area contributed by atoms with Crippen molar-refractivity contribution in [3.63, 3.8) is 0 Å². The molecular weight excluding hydrogens is 270 g/mol. The number of aliphatic carboxylic acids is 1. The highest BCUT2D eigenvalue weighted by molar-refractivity contribution is 5.73. The molecule has 0 spiro atoms. The minimum Gasteiger partial charge on any atom is -0.496 e. The van der Waals surface area contributed by atoms with Gasteiger partial charge in [0.05, 0.1) is 7.11 Å². The fourth-order valence-corrected chi connectivity index (χ4v) is 2.92. The Morgan fingerprint density at radius 3 is 2.76 bits per heavy atom. The first-order valence-electron chi connectivity index (χ1n) is 7.12. The van der Waals surface area contributed by atoms with E-state index in [0.717, 1.165) is 37.0 Å². The van der Waals surface area contributed by atoms with Crippen LogP contribution in [0.4, 0.5) is 0 Å². The van der Waals surface area contributed by atoms with Crippen molar-refractivity contribution >= 4 is 5.97 Å². The third-order valence-electron chi connectivity index (χ3n) is 3.97. The lowest BCUT2D eigenvalue weighted by atomic mass is 9.86. The maximum absolute atomic E-state index is 11.0. The van der Waals surface area contributed by atoms with Crippen LogP contribution in [-0.2, 0) is 24.1 Å². The molecule has 0 amide bonds. The van der Waals surface area contributed by atoms with Crippen LogP contribution in [0, 0.1) is 0 Å². The van der Waals surface area contributed by atoms with E-state index < -0.39 is 12.0 Å². The van der Waals surface area contributed by atoms with Crippen LogP contribution in [0.2, 0.25) is 0 Å². The predicted octanol–water partition coefficient (Wildman–Crippen LogP) is 3.27. The summed E-state index contributed by atoms with van der Waals surface area (Å²) in [5.41, 5.74) is 12.1. The van der Waals surface area contributed by atoms with E-state index in [9.17, 15) is 4.79 Å². The summed E-state index contributed by atoms with van der Waals surface area (Å²) in [5.74, 6) is -0.159. The molecular formula is C15H19N3O3. The Labute approximate surface area is 123 Å². The van der Waals surface area contributed by atoms with Gasteiger partial charge in [0.1, 0.15) is 11.8 Å². The number of hydrogen-bond acceptors (Lipinski definition) is 3. The lowest BCUT2D eigenvalue weighted by Crippen LogP contribution is -2.18. The monoisotopic (exact) mass is 289 g/mol. The number of ether oxygens (including phenoxy) is 1. The van der Waals surface area contributed by atoms with E-state index in [0.29, 0.717) is 12.8 Å². The first-order chi connectivity index (χ1) is 10.2. The third-order valence-corrected chi connectivity index (χ3v) is 3.97. The number of methoxy groups -OCH3 is 1. The summed E-state index contributed by atoms with van der Waals surface area (Å²) >= 11 is 0. The lowest BCUT2D eigenvalue weighted by Gasteiger charge is -2.22. The Morgan fingerprint density at radius 1 is 1.43 bits per heavy atom. The second kappa shape index (κ2) is 6.99. The molecule has 1 atom stereocenters. The normalized spacial score (nSPS) is 14.7. The van der Waals surface area contributed by atoms with Gasteiger partial charge in [0.2, 0.25) is 0 Å². The van der Waals surface area contributed by atoms with Crippen molar-refractivity contribution < 1.29 is 14.6 Å². The summed E-state index contributed by atoms with van der Waals surface area (Å²) < 4.78 is 5.41. The zero-order valence-corrected chi connectivity index (χ0v) is 12.1. The highest BCUT2D eigenvalue weighted by Gasteiger charge is 2.20. The Kier molecular flexibility index (Phi) is 5.06. The van der Waals surface area contributed by atoms with Gasteiger partial charge in [-0.2, -0.15) is 0 Å². The Bertz CT molecular complexity index is 578. The van der Waals surface area contributed by atoms with Crippen molar-refractivity contribution in [2.24, 2.45) is 5.11 Å². The van der Waals surface area contributed by atoms with Gasteiger partial charge in [-0.25, -0.2) is 0 Å². The Hall–Kier alpha value is -2.20. The first-order valence-corrected chi connectivity index (χ1v) is 7.12. The standard InChI is InChI=1S/C15H19N3O3/c1-21-14-9-7-10(11-4-2-3-5-12(11)14)6-8-13(15(19)20)17-18-16/h7,9,13H,2-6,8H2,1H3,(H,19,20)/t13-/m0/s1. The number of fused-ring (bicyclic) bond motifs is 1. The molecule has 1 aliphatic carbocycles. The lowest BCUT2D eigenvalue weighted by molar-refractivity contribution is -0.138. The maximum atomic E-state index is 11.0. The van der Waals surface area contributed by atoms with Crippen LogP contribution < -0.4 is 4.74 Å². The van der Waals surface area contributed by atoms with Crippen LogP contribution >= 0.6 is 0 Å². The largest absolute Gasteiger partial charge is 0.496 e. The number of azide groups is 1. The van der Waals surface area contributed by atoms with E-state index in [1.54, 1.807) is 7.11 Å². The van der Waals surface area contributed by atoms with Crippen LogP contribution in [0.25, 0.3) is 10.4 Å². The van der Waals surface area contributed by atoms with Crippen LogP contribution in [0.3, 0.4) is 0 Å². The molecule has 0 saturated carbocycles. The molecule has 6 heteroatoms. The van der Waals surface area contributed by atoms with E-state index in [2.05, 4.69) is 10.0 Å².